The van der Waals surface area contributed by atoms with Crippen LogP contribution in [0.1, 0.15) is 11.1 Å². The molecular formula is C16H14O3S. The molecule has 2 atom stereocenters. The molecule has 0 aliphatic carbocycles. The summed E-state index contributed by atoms with van der Waals surface area (Å²) >= 11 is 1.73. The quantitative estimate of drug-likeness (QED) is 0.791. The second-order valence-corrected chi connectivity index (χ2v) is 6.10. The highest BCUT2D eigenvalue weighted by Gasteiger charge is 2.70. The molecule has 4 rings (SSSR count). The fraction of sp³-hybridized carbons (Fsp3) is 0.250. The van der Waals surface area contributed by atoms with Gasteiger partial charge in [-0.05, 0) is 0 Å². The van der Waals surface area contributed by atoms with Gasteiger partial charge in [0, 0.05) is 16.9 Å². The van der Waals surface area contributed by atoms with E-state index in [9.17, 15) is 0 Å². The molecule has 4 heteroatoms. The fourth-order valence-corrected chi connectivity index (χ4v) is 4.00. The zero-order valence-corrected chi connectivity index (χ0v) is 11.6. The first-order valence-corrected chi connectivity index (χ1v) is 7.62. The lowest BCUT2D eigenvalue weighted by Gasteiger charge is -2.57. The van der Waals surface area contributed by atoms with E-state index < -0.39 is 10.7 Å². The van der Waals surface area contributed by atoms with Gasteiger partial charge < -0.3 is 4.74 Å². The van der Waals surface area contributed by atoms with E-state index in [2.05, 4.69) is 12.1 Å². The number of benzene rings is 2. The van der Waals surface area contributed by atoms with Crippen LogP contribution in [-0.4, -0.2) is 12.4 Å². The highest BCUT2D eigenvalue weighted by molar-refractivity contribution is 8.00. The van der Waals surface area contributed by atoms with Crippen LogP contribution in [0.3, 0.4) is 0 Å². The lowest BCUT2D eigenvalue weighted by Crippen LogP contribution is -2.64. The van der Waals surface area contributed by atoms with Gasteiger partial charge in [0.1, 0.15) is 0 Å². The zero-order chi connectivity index (χ0) is 13.5. The molecule has 2 aromatic carbocycles. The molecule has 102 valence electrons. The van der Waals surface area contributed by atoms with Crippen molar-refractivity contribution in [1.82, 2.24) is 0 Å². The molecule has 2 aromatic rings. The van der Waals surface area contributed by atoms with Gasteiger partial charge in [0.15, 0.2) is 0 Å². The molecule has 3 nitrogen and oxygen atoms in total. The van der Waals surface area contributed by atoms with Crippen LogP contribution in [-0.2, 0) is 25.2 Å². The molecule has 2 saturated heterocycles. The SMILES string of the molecule is c1ccc([C@@]23OCCS[C@]2(c2ccccc2)OO3)cc1. The minimum absolute atomic E-state index is 0.617. The minimum Gasteiger partial charge on any atom is -0.340 e. The summed E-state index contributed by atoms with van der Waals surface area (Å²) < 4.78 is 6.04. The topological polar surface area (TPSA) is 27.7 Å². The van der Waals surface area contributed by atoms with E-state index in [-0.39, 0.29) is 0 Å². The molecule has 2 aliphatic heterocycles. The molecule has 0 amide bonds. The Labute approximate surface area is 121 Å². The van der Waals surface area contributed by atoms with Crippen LogP contribution in [0, 0.1) is 0 Å². The molecule has 0 unspecified atom stereocenters. The summed E-state index contributed by atoms with van der Waals surface area (Å²) in [7, 11) is 0. The van der Waals surface area contributed by atoms with E-state index in [1.54, 1.807) is 11.8 Å². The van der Waals surface area contributed by atoms with Crippen LogP contribution < -0.4 is 0 Å². The van der Waals surface area contributed by atoms with Gasteiger partial charge in [-0.15, -0.1) is 11.8 Å². The molecular weight excluding hydrogens is 272 g/mol. The Hall–Kier alpha value is -1.33. The lowest BCUT2D eigenvalue weighted by atomic mass is 9.92. The second-order valence-electron chi connectivity index (χ2n) is 4.83. The predicted molar refractivity (Wildman–Crippen MR) is 76.8 cm³/mol. The maximum absolute atomic E-state index is 6.04. The van der Waals surface area contributed by atoms with Crippen molar-refractivity contribution in [3.8, 4) is 0 Å². The van der Waals surface area contributed by atoms with Crippen molar-refractivity contribution >= 4 is 11.8 Å². The van der Waals surface area contributed by atoms with E-state index >= 15 is 0 Å². The summed E-state index contributed by atoms with van der Waals surface area (Å²) in [6, 6.07) is 20.1. The van der Waals surface area contributed by atoms with Crippen LogP contribution in [0.25, 0.3) is 0 Å². The maximum Gasteiger partial charge on any atom is 0.274 e. The number of hydrogen-bond donors (Lipinski definition) is 0. The number of rotatable bonds is 2. The highest BCUT2D eigenvalue weighted by atomic mass is 32.2. The Kier molecular flexibility index (Phi) is 2.86. The average molecular weight is 286 g/mol. The summed E-state index contributed by atoms with van der Waals surface area (Å²) in [4.78, 5) is 10.5. The normalized spacial score (nSPS) is 32.2. The third-order valence-electron chi connectivity index (χ3n) is 3.71. The summed E-state index contributed by atoms with van der Waals surface area (Å²) in [6.45, 7) is 0.650. The molecule has 2 heterocycles. The second kappa shape index (κ2) is 4.60. The maximum atomic E-state index is 6.04. The largest absolute Gasteiger partial charge is 0.340 e. The van der Waals surface area contributed by atoms with Crippen LogP contribution >= 0.6 is 11.8 Å². The summed E-state index contributed by atoms with van der Waals surface area (Å²) in [5.74, 6) is 0.0331. The summed E-state index contributed by atoms with van der Waals surface area (Å²) in [6.07, 6.45) is 0. The van der Waals surface area contributed by atoms with Gasteiger partial charge in [-0.1, -0.05) is 60.7 Å². The molecule has 0 radical (unpaired) electrons. The van der Waals surface area contributed by atoms with Crippen LogP contribution in [0.2, 0.25) is 0 Å². The standard InChI is InChI=1S/C16H14O3S/c1-3-7-13(8-4-1)15-16(19-18-15,20-12-11-17-15)14-9-5-2-6-10-14/h1-10H,11-12H2/t15-,16-/m0/s1. The molecule has 0 N–H and O–H groups in total. The molecule has 0 saturated carbocycles. The Morgan fingerprint density at radius 1 is 0.800 bits per heavy atom. The van der Waals surface area contributed by atoms with E-state index in [1.807, 2.05) is 48.5 Å². The third kappa shape index (κ3) is 1.53. The first-order valence-electron chi connectivity index (χ1n) is 6.63. The molecule has 20 heavy (non-hydrogen) atoms. The lowest BCUT2D eigenvalue weighted by molar-refractivity contribution is -0.605. The van der Waals surface area contributed by atoms with Crippen molar-refractivity contribution in [2.45, 2.75) is 10.7 Å². The van der Waals surface area contributed by atoms with Crippen molar-refractivity contribution in [3.63, 3.8) is 0 Å². The Bertz CT molecular complexity index is 548. The molecule has 0 spiro atoms. The van der Waals surface area contributed by atoms with Gasteiger partial charge >= 0.3 is 0 Å². The molecule has 0 bridgehead atoms. The van der Waals surface area contributed by atoms with Crippen molar-refractivity contribution in [1.29, 1.82) is 0 Å². The third-order valence-corrected chi connectivity index (χ3v) is 5.06. The van der Waals surface area contributed by atoms with Gasteiger partial charge in [0.25, 0.3) is 5.79 Å². The number of ether oxygens (including phenoxy) is 1. The Balaban J connectivity index is 1.86. The average Bonchev–Trinajstić information content (AvgIpc) is 2.51. The molecule has 2 aliphatic rings. The van der Waals surface area contributed by atoms with Crippen molar-refractivity contribution in [2.75, 3.05) is 12.4 Å². The number of fused-ring (bicyclic) bond motifs is 1. The van der Waals surface area contributed by atoms with Crippen LogP contribution in [0.15, 0.2) is 60.7 Å². The van der Waals surface area contributed by atoms with Crippen molar-refractivity contribution in [2.24, 2.45) is 0 Å². The highest BCUT2D eigenvalue weighted by Crippen LogP contribution is 2.63. The van der Waals surface area contributed by atoms with E-state index in [4.69, 9.17) is 14.5 Å². The van der Waals surface area contributed by atoms with Gasteiger partial charge in [0.05, 0.1) is 6.61 Å². The van der Waals surface area contributed by atoms with Gasteiger partial charge in [-0.3, -0.25) is 0 Å². The number of thioether (sulfide) groups is 1. The summed E-state index contributed by atoms with van der Waals surface area (Å²) in [5.41, 5.74) is 2.06. The first kappa shape index (κ1) is 12.4. The summed E-state index contributed by atoms with van der Waals surface area (Å²) in [5, 5.41) is 0. The van der Waals surface area contributed by atoms with Crippen molar-refractivity contribution < 1.29 is 14.5 Å². The first-order chi connectivity index (χ1) is 9.87. The van der Waals surface area contributed by atoms with Gasteiger partial charge in [0.2, 0.25) is 4.93 Å². The zero-order valence-electron chi connectivity index (χ0n) is 10.8. The van der Waals surface area contributed by atoms with E-state index in [0.717, 1.165) is 16.9 Å². The van der Waals surface area contributed by atoms with Crippen LogP contribution in [0.5, 0.6) is 0 Å². The van der Waals surface area contributed by atoms with Gasteiger partial charge in [-0.2, -0.15) is 4.89 Å². The van der Waals surface area contributed by atoms with E-state index in [1.165, 1.54) is 0 Å². The van der Waals surface area contributed by atoms with Gasteiger partial charge in [-0.25, -0.2) is 4.89 Å². The Morgan fingerprint density at radius 3 is 2.05 bits per heavy atom. The van der Waals surface area contributed by atoms with E-state index in [0.29, 0.717) is 6.61 Å². The smallest absolute Gasteiger partial charge is 0.274 e. The van der Waals surface area contributed by atoms with Crippen LogP contribution in [0.4, 0.5) is 0 Å². The molecule has 0 aromatic heterocycles. The number of hydrogen-bond acceptors (Lipinski definition) is 4. The fourth-order valence-electron chi connectivity index (χ4n) is 2.76. The monoisotopic (exact) mass is 286 g/mol. The predicted octanol–water partition coefficient (Wildman–Crippen LogP) is 3.42. The Morgan fingerprint density at radius 2 is 1.45 bits per heavy atom. The van der Waals surface area contributed by atoms with Crippen molar-refractivity contribution in [3.05, 3.63) is 71.8 Å². The minimum atomic E-state index is -0.849. The molecule has 2 fully saturated rings.